The van der Waals surface area contributed by atoms with Crippen molar-refractivity contribution in [2.45, 2.75) is 25.4 Å². The fraction of sp³-hybridized carbons (Fsp3) is 0.583. The third-order valence-electron chi connectivity index (χ3n) is 3.39. The van der Waals surface area contributed by atoms with Crippen LogP contribution in [0.2, 0.25) is 0 Å². The SMILES string of the molecule is CC(N)C(c1cc(Br)cs1)N1CCC(C(N)=O)C1. The number of primary amides is 1. The summed E-state index contributed by atoms with van der Waals surface area (Å²) in [5.74, 6) is -0.233. The van der Waals surface area contributed by atoms with Crippen molar-refractivity contribution >= 4 is 33.2 Å². The van der Waals surface area contributed by atoms with Crippen LogP contribution in [0.4, 0.5) is 0 Å². The summed E-state index contributed by atoms with van der Waals surface area (Å²) < 4.78 is 1.08. The zero-order chi connectivity index (χ0) is 13.3. The van der Waals surface area contributed by atoms with Crippen molar-refractivity contribution < 1.29 is 4.79 Å². The zero-order valence-corrected chi connectivity index (χ0v) is 12.7. The Kier molecular flexibility index (Phi) is 4.42. The minimum absolute atomic E-state index is 0.0298. The average molecular weight is 332 g/mol. The Morgan fingerprint density at radius 3 is 2.83 bits per heavy atom. The van der Waals surface area contributed by atoms with Crippen LogP contribution >= 0.6 is 27.3 Å². The second-order valence-corrected chi connectivity index (χ2v) is 6.71. The Hall–Kier alpha value is -0.430. The molecule has 2 heterocycles. The number of hydrogen-bond donors (Lipinski definition) is 2. The number of likely N-dealkylation sites (tertiary alicyclic amines) is 1. The number of carbonyl (C=O) groups is 1. The Bertz CT molecular complexity index is 435. The van der Waals surface area contributed by atoms with Gasteiger partial charge in [-0.05, 0) is 41.9 Å². The van der Waals surface area contributed by atoms with Gasteiger partial charge in [0.1, 0.15) is 0 Å². The number of hydrogen-bond acceptors (Lipinski definition) is 4. The van der Waals surface area contributed by atoms with Crippen LogP contribution in [0.25, 0.3) is 0 Å². The van der Waals surface area contributed by atoms with Gasteiger partial charge in [-0.25, -0.2) is 0 Å². The third kappa shape index (κ3) is 2.93. The van der Waals surface area contributed by atoms with Gasteiger partial charge in [-0.3, -0.25) is 9.69 Å². The first-order valence-electron chi connectivity index (χ1n) is 6.02. The van der Waals surface area contributed by atoms with Crippen LogP contribution in [0.15, 0.2) is 15.9 Å². The summed E-state index contributed by atoms with van der Waals surface area (Å²) in [4.78, 5) is 14.8. The van der Waals surface area contributed by atoms with Gasteiger partial charge in [0.05, 0.1) is 12.0 Å². The van der Waals surface area contributed by atoms with E-state index in [4.69, 9.17) is 11.5 Å². The maximum Gasteiger partial charge on any atom is 0.221 e. The molecular weight excluding hydrogens is 314 g/mol. The number of rotatable bonds is 4. The molecule has 1 aliphatic rings. The number of halogens is 1. The first-order chi connectivity index (χ1) is 8.49. The first-order valence-corrected chi connectivity index (χ1v) is 7.69. The maximum absolute atomic E-state index is 11.2. The van der Waals surface area contributed by atoms with E-state index >= 15 is 0 Å². The highest BCUT2D eigenvalue weighted by molar-refractivity contribution is 9.10. The Labute approximate surface area is 119 Å². The van der Waals surface area contributed by atoms with Gasteiger partial charge < -0.3 is 11.5 Å². The highest BCUT2D eigenvalue weighted by Crippen LogP contribution is 2.34. The van der Waals surface area contributed by atoms with Crippen LogP contribution in [0, 0.1) is 5.92 Å². The molecule has 4 nitrogen and oxygen atoms in total. The smallest absolute Gasteiger partial charge is 0.221 e. The number of thiophene rings is 1. The van der Waals surface area contributed by atoms with Gasteiger partial charge in [-0.2, -0.15) is 0 Å². The molecule has 1 fully saturated rings. The Balaban J connectivity index is 2.15. The number of nitrogens with zero attached hydrogens (tertiary/aromatic N) is 1. The van der Waals surface area contributed by atoms with Crippen molar-refractivity contribution in [3.05, 3.63) is 20.8 Å². The summed E-state index contributed by atoms with van der Waals surface area (Å²) in [5, 5.41) is 2.06. The lowest BCUT2D eigenvalue weighted by Crippen LogP contribution is -2.38. The lowest BCUT2D eigenvalue weighted by atomic mass is 10.1. The predicted molar refractivity (Wildman–Crippen MR) is 77.3 cm³/mol. The molecule has 3 unspecified atom stereocenters. The fourth-order valence-corrected chi connectivity index (χ4v) is 4.22. The molecule has 0 radical (unpaired) electrons. The van der Waals surface area contributed by atoms with Gasteiger partial charge in [0.25, 0.3) is 0 Å². The standard InChI is InChI=1S/C12H18BrN3OS/c1-7(14)11(10-4-9(13)6-18-10)16-3-2-8(5-16)12(15)17/h4,6-8,11H,2-3,5,14H2,1H3,(H2,15,17). The largest absolute Gasteiger partial charge is 0.369 e. The van der Waals surface area contributed by atoms with Gasteiger partial charge in [-0.15, -0.1) is 11.3 Å². The van der Waals surface area contributed by atoms with Crippen LogP contribution in [0.5, 0.6) is 0 Å². The van der Waals surface area contributed by atoms with Gasteiger partial charge in [0.2, 0.25) is 5.91 Å². The van der Waals surface area contributed by atoms with E-state index in [2.05, 4.69) is 32.3 Å². The molecule has 100 valence electrons. The average Bonchev–Trinajstić information content (AvgIpc) is 2.88. The lowest BCUT2D eigenvalue weighted by molar-refractivity contribution is -0.121. The van der Waals surface area contributed by atoms with E-state index < -0.39 is 0 Å². The van der Waals surface area contributed by atoms with E-state index in [0.717, 1.165) is 24.0 Å². The summed E-state index contributed by atoms with van der Waals surface area (Å²) in [6.45, 7) is 3.61. The fourth-order valence-electron chi connectivity index (χ4n) is 2.53. The van der Waals surface area contributed by atoms with E-state index in [1.165, 1.54) is 4.88 Å². The normalized spacial score (nSPS) is 24.1. The topological polar surface area (TPSA) is 72.3 Å². The molecule has 0 aliphatic carbocycles. The van der Waals surface area contributed by atoms with Crippen LogP contribution in [-0.2, 0) is 4.79 Å². The van der Waals surface area contributed by atoms with Crippen molar-refractivity contribution in [2.24, 2.45) is 17.4 Å². The third-order valence-corrected chi connectivity index (χ3v) is 5.16. The highest BCUT2D eigenvalue weighted by atomic mass is 79.9. The van der Waals surface area contributed by atoms with Crippen molar-refractivity contribution in [2.75, 3.05) is 13.1 Å². The first kappa shape index (κ1) is 14.0. The van der Waals surface area contributed by atoms with E-state index in [1.54, 1.807) is 11.3 Å². The quantitative estimate of drug-likeness (QED) is 0.882. The number of amides is 1. The molecule has 3 atom stereocenters. The van der Waals surface area contributed by atoms with Gasteiger partial charge >= 0.3 is 0 Å². The molecule has 1 amide bonds. The van der Waals surface area contributed by atoms with Gasteiger partial charge in [-0.1, -0.05) is 0 Å². The molecule has 1 aromatic rings. The predicted octanol–water partition coefficient (Wildman–Crippen LogP) is 1.71. The molecule has 0 bridgehead atoms. The molecule has 1 aliphatic heterocycles. The summed E-state index contributed by atoms with van der Waals surface area (Å²) in [6, 6.07) is 2.31. The van der Waals surface area contributed by atoms with Crippen LogP contribution in [0.1, 0.15) is 24.3 Å². The van der Waals surface area contributed by atoms with Crippen LogP contribution < -0.4 is 11.5 Å². The van der Waals surface area contributed by atoms with E-state index in [-0.39, 0.29) is 23.9 Å². The summed E-state index contributed by atoms with van der Waals surface area (Å²) in [7, 11) is 0. The summed E-state index contributed by atoms with van der Waals surface area (Å²) >= 11 is 5.17. The van der Waals surface area contributed by atoms with Gasteiger partial charge in [0, 0.05) is 27.3 Å². The molecule has 0 saturated carbocycles. The van der Waals surface area contributed by atoms with Crippen molar-refractivity contribution in [3.8, 4) is 0 Å². The molecule has 4 N–H and O–H groups in total. The summed E-state index contributed by atoms with van der Waals surface area (Å²) in [5.41, 5.74) is 11.5. The minimum Gasteiger partial charge on any atom is -0.369 e. The molecule has 0 aromatic carbocycles. The second-order valence-electron chi connectivity index (χ2n) is 4.85. The molecule has 18 heavy (non-hydrogen) atoms. The molecule has 6 heteroatoms. The Morgan fingerprint density at radius 1 is 1.67 bits per heavy atom. The van der Waals surface area contributed by atoms with Crippen molar-refractivity contribution in [1.82, 2.24) is 4.90 Å². The maximum atomic E-state index is 11.2. The monoisotopic (exact) mass is 331 g/mol. The van der Waals surface area contributed by atoms with Crippen LogP contribution in [0.3, 0.4) is 0 Å². The number of carbonyl (C=O) groups excluding carboxylic acids is 1. The van der Waals surface area contributed by atoms with Crippen molar-refractivity contribution in [3.63, 3.8) is 0 Å². The van der Waals surface area contributed by atoms with E-state index in [9.17, 15) is 4.79 Å². The highest BCUT2D eigenvalue weighted by Gasteiger charge is 2.34. The van der Waals surface area contributed by atoms with Crippen LogP contribution in [-0.4, -0.2) is 29.9 Å². The Morgan fingerprint density at radius 2 is 2.39 bits per heavy atom. The molecular formula is C12H18BrN3OS. The molecule has 1 saturated heterocycles. The summed E-state index contributed by atoms with van der Waals surface area (Å²) in [6.07, 6.45) is 0.838. The lowest BCUT2D eigenvalue weighted by Gasteiger charge is -2.30. The van der Waals surface area contributed by atoms with E-state index in [0.29, 0.717) is 0 Å². The van der Waals surface area contributed by atoms with E-state index in [1.807, 2.05) is 6.92 Å². The zero-order valence-electron chi connectivity index (χ0n) is 10.3. The molecule has 2 rings (SSSR count). The molecule has 1 aromatic heterocycles. The minimum atomic E-state index is -0.201. The molecule has 0 spiro atoms. The number of nitrogens with two attached hydrogens (primary N) is 2. The van der Waals surface area contributed by atoms with Crippen molar-refractivity contribution in [1.29, 1.82) is 0 Å². The second kappa shape index (κ2) is 5.69. The van der Waals surface area contributed by atoms with Gasteiger partial charge in [0.15, 0.2) is 0 Å².